The van der Waals surface area contributed by atoms with Gasteiger partial charge in [0.1, 0.15) is 16.6 Å². The molecule has 1 aromatic rings. The highest BCUT2D eigenvalue weighted by atomic mass is 35.5. The van der Waals surface area contributed by atoms with E-state index in [2.05, 4.69) is 0 Å². The maximum absolute atomic E-state index is 13.0. The lowest BCUT2D eigenvalue weighted by atomic mass is 9.76. The molecule has 2 unspecified atom stereocenters. The van der Waals surface area contributed by atoms with E-state index in [1.54, 1.807) is 6.07 Å². The smallest absolute Gasteiger partial charge is 0.344 e. The van der Waals surface area contributed by atoms with Gasteiger partial charge in [-0.3, -0.25) is 4.79 Å². The Labute approximate surface area is 156 Å². The van der Waals surface area contributed by atoms with Gasteiger partial charge in [0.15, 0.2) is 11.9 Å². The SMILES string of the molecule is CCC1(CCC(C)=O)Cc2cc(OC(C)C(=O)O)c(Cl)c(Cl)c2C1=O. The molecule has 1 N–H and O–H groups in total. The van der Waals surface area contributed by atoms with Gasteiger partial charge in [-0.2, -0.15) is 0 Å². The Bertz CT molecular complexity index is 743. The van der Waals surface area contributed by atoms with Gasteiger partial charge in [-0.15, -0.1) is 0 Å². The topological polar surface area (TPSA) is 80.7 Å². The van der Waals surface area contributed by atoms with Gasteiger partial charge < -0.3 is 14.6 Å². The van der Waals surface area contributed by atoms with Crippen molar-refractivity contribution >= 4 is 40.7 Å². The summed E-state index contributed by atoms with van der Waals surface area (Å²) in [7, 11) is 0. The maximum atomic E-state index is 13.0. The summed E-state index contributed by atoms with van der Waals surface area (Å²) in [4.78, 5) is 35.3. The van der Waals surface area contributed by atoms with Crippen LogP contribution in [0.3, 0.4) is 0 Å². The van der Waals surface area contributed by atoms with Gasteiger partial charge in [0.25, 0.3) is 0 Å². The van der Waals surface area contributed by atoms with Crippen LogP contribution in [0.15, 0.2) is 6.07 Å². The largest absolute Gasteiger partial charge is 0.479 e. The van der Waals surface area contributed by atoms with Crippen molar-refractivity contribution in [1.29, 1.82) is 0 Å². The third kappa shape index (κ3) is 3.67. The van der Waals surface area contributed by atoms with E-state index in [9.17, 15) is 14.4 Å². The Balaban J connectivity index is 2.44. The molecule has 0 radical (unpaired) electrons. The van der Waals surface area contributed by atoms with Crippen molar-refractivity contribution in [2.75, 3.05) is 0 Å². The Hall–Kier alpha value is -1.59. The van der Waals surface area contributed by atoms with Crippen LogP contribution in [-0.4, -0.2) is 28.7 Å². The molecule has 136 valence electrons. The van der Waals surface area contributed by atoms with Crippen LogP contribution in [0.4, 0.5) is 0 Å². The van der Waals surface area contributed by atoms with Crippen LogP contribution in [-0.2, 0) is 16.0 Å². The second-order valence-electron chi connectivity index (χ2n) is 6.48. The van der Waals surface area contributed by atoms with E-state index >= 15 is 0 Å². The minimum atomic E-state index is -1.13. The summed E-state index contributed by atoms with van der Waals surface area (Å²) in [6.45, 7) is 4.79. The lowest BCUT2D eigenvalue weighted by Crippen LogP contribution is -2.28. The third-order valence-corrected chi connectivity index (χ3v) is 5.63. The summed E-state index contributed by atoms with van der Waals surface area (Å²) in [5.41, 5.74) is 0.350. The van der Waals surface area contributed by atoms with Crippen LogP contribution in [0.25, 0.3) is 0 Å². The molecule has 0 amide bonds. The molecule has 0 bridgehead atoms. The fourth-order valence-electron chi connectivity index (χ4n) is 3.15. The molecular weight excluding hydrogens is 367 g/mol. The van der Waals surface area contributed by atoms with Gasteiger partial charge in [0.2, 0.25) is 0 Å². The number of halogens is 2. The van der Waals surface area contributed by atoms with Crippen LogP contribution < -0.4 is 4.74 Å². The fraction of sp³-hybridized carbons (Fsp3) is 0.500. The van der Waals surface area contributed by atoms with Crippen LogP contribution in [0.5, 0.6) is 5.75 Å². The number of carbonyl (C=O) groups is 3. The molecule has 0 saturated heterocycles. The van der Waals surface area contributed by atoms with E-state index < -0.39 is 17.5 Å². The van der Waals surface area contributed by atoms with Crippen molar-refractivity contribution in [3.05, 3.63) is 27.2 Å². The molecule has 7 heteroatoms. The fourth-order valence-corrected chi connectivity index (χ4v) is 3.65. The summed E-state index contributed by atoms with van der Waals surface area (Å²) >= 11 is 12.5. The first-order chi connectivity index (χ1) is 11.6. The zero-order valence-corrected chi connectivity index (χ0v) is 15.8. The molecular formula is C18H20Cl2O5. The van der Waals surface area contributed by atoms with E-state index in [0.717, 1.165) is 0 Å². The molecule has 2 atom stereocenters. The molecule has 0 fully saturated rings. The van der Waals surface area contributed by atoms with Gasteiger partial charge in [-0.05, 0) is 44.7 Å². The molecule has 1 aliphatic carbocycles. The number of aliphatic carboxylic acids is 1. The zero-order valence-electron chi connectivity index (χ0n) is 14.3. The average Bonchev–Trinajstić information content (AvgIpc) is 2.83. The molecule has 5 nitrogen and oxygen atoms in total. The van der Waals surface area contributed by atoms with Gasteiger partial charge in [0, 0.05) is 17.4 Å². The van der Waals surface area contributed by atoms with Gasteiger partial charge in [-0.1, -0.05) is 30.1 Å². The minimum absolute atomic E-state index is 0.0278. The monoisotopic (exact) mass is 386 g/mol. The second-order valence-corrected chi connectivity index (χ2v) is 7.23. The number of ketones is 2. The van der Waals surface area contributed by atoms with Crippen LogP contribution in [0, 0.1) is 5.41 Å². The first-order valence-electron chi connectivity index (χ1n) is 8.07. The highest BCUT2D eigenvalue weighted by Crippen LogP contribution is 2.49. The summed E-state index contributed by atoms with van der Waals surface area (Å²) in [5.74, 6) is -1.07. The van der Waals surface area contributed by atoms with E-state index in [1.807, 2.05) is 6.92 Å². The molecule has 0 aliphatic heterocycles. The Kier molecular flexibility index (Phi) is 5.79. The number of carbonyl (C=O) groups excluding carboxylic acids is 2. The van der Waals surface area contributed by atoms with E-state index in [4.69, 9.17) is 33.0 Å². The number of benzene rings is 1. The summed E-state index contributed by atoms with van der Waals surface area (Å²) in [6.07, 6.45) is 0.668. The molecule has 1 aromatic carbocycles. The Morgan fingerprint density at radius 1 is 1.36 bits per heavy atom. The molecule has 0 heterocycles. The van der Waals surface area contributed by atoms with Gasteiger partial charge in [0.05, 0.1) is 5.02 Å². The van der Waals surface area contributed by atoms with E-state index in [1.165, 1.54) is 13.8 Å². The molecule has 0 spiro atoms. The maximum Gasteiger partial charge on any atom is 0.344 e. The van der Waals surface area contributed by atoms with Crippen molar-refractivity contribution in [2.45, 2.75) is 52.6 Å². The van der Waals surface area contributed by atoms with Crippen molar-refractivity contribution < 1.29 is 24.2 Å². The van der Waals surface area contributed by atoms with E-state index in [0.29, 0.717) is 36.8 Å². The van der Waals surface area contributed by atoms with E-state index in [-0.39, 0.29) is 27.4 Å². The van der Waals surface area contributed by atoms with Gasteiger partial charge >= 0.3 is 5.97 Å². The van der Waals surface area contributed by atoms with Gasteiger partial charge in [-0.25, -0.2) is 4.79 Å². The zero-order chi connectivity index (χ0) is 18.9. The lowest BCUT2D eigenvalue weighted by molar-refractivity contribution is -0.144. The number of carboxylic acids is 1. The summed E-state index contributed by atoms with van der Waals surface area (Å²) in [6, 6.07) is 1.59. The molecule has 25 heavy (non-hydrogen) atoms. The number of hydrogen-bond acceptors (Lipinski definition) is 4. The van der Waals surface area contributed by atoms with Crippen LogP contribution in [0.2, 0.25) is 10.0 Å². The van der Waals surface area contributed by atoms with Crippen LogP contribution in [0.1, 0.15) is 56.0 Å². The third-order valence-electron chi connectivity index (χ3n) is 4.78. The van der Waals surface area contributed by atoms with Crippen LogP contribution >= 0.6 is 23.2 Å². The number of hydrogen-bond donors (Lipinski definition) is 1. The molecule has 0 saturated carbocycles. The first-order valence-corrected chi connectivity index (χ1v) is 8.83. The summed E-state index contributed by atoms with van der Waals surface area (Å²) < 4.78 is 5.37. The van der Waals surface area contributed by atoms with Crippen molar-refractivity contribution in [1.82, 2.24) is 0 Å². The number of carboxylic acid groups (broad SMARTS) is 1. The number of ether oxygens (including phenoxy) is 1. The number of rotatable bonds is 7. The minimum Gasteiger partial charge on any atom is -0.479 e. The second kappa shape index (κ2) is 7.34. The molecule has 2 rings (SSSR count). The quantitative estimate of drug-likeness (QED) is 0.752. The number of fused-ring (bicyclic) bond motifs is 1. The highest BCUT2D eigenvalue weighted by Gasteiger charge is 2.46. The average molecular weight is 387 g/mol. The lowest BCUT2D eigenvalue weighted by Gasteiger charge is -2.25. The normalized spacial score (nSPS) is 20.3. The molecule has 1 aliphatic rings. The standard InChI is InChI=1S/C18H20Cl2O5/c1-4-18(6-5-9(2)21)8-11-7-12(25-10(3)17(23)24)14(19)15(20)13(11)16(18)22/h7,10H,4-6,8H2,1-3H3,(H,23,24). The predicted molar refractivity (Wildman–Crippen MR) is 94.9 cm³/mol. The Morgan fingerprint density at radius 3 is 2.52 bits per heavy atom. The first kappa shape index (κ1) is 19.7. The Morgan fingerprint density at radius 2 is 2.00 bits per heavy atom. The van der Waals surface area contributed by atoms with Crippen molar-refractivity contribution in [3.8, 4) is 5.75 Å². The molecule has 0 aromatic heterocycles. The number of Topliss-reactive ketones (excluding diaryl/α,β-unsaturated/α-hetero) is 2. The predicted octanol–water partition coefficient (Wildman–Crippen LogP) is 4.35. The van der Waals surface area contributed by atoms with Crippen molar-refractivity contribution in [3.63, 3.8) is 0 Å². The van der Waals surface area contributed by atoms with Crippen molar-refractivity contribution in [2.24, 2.45) is 5.41 Å². The summed E-state index contributed by atoms with van der Waals surface area (Å²) in [5, 5.41) is 9.10. The highest BCUT2D eigenvalue weighted by molar-refractivity contribution is 6.45.